The lowest BCUT2D eigenvalue weighted by atomic mass is 10.1. The van der Waals surface area contributed by atoms with E-state index >= 15 is 0 Å². The topological polar surface area (TPSA) is 50.7 Å². The molecule has 4 heteroatoms. The smallest absolute Gasteiger partial charge is 0.161 e. The van der Waals surface area contributed by atoms with Crippen LogP contribution >= 0.6 is 0 Å². The summed E-state index contributed by atoms with van der Waals surface area (Å²) in [7, 11) is 0. The zero-order valence-corrected chi connectivity index (χ0v) is 15.2. The van der Waals surface area contributed by atoms with Crippen LogP contribution in [0.5, 0.6) is 0 Å². The summed E-state index contributed by atoms with van der Waals surface area (Å²) in [5, 5.41) is 0. The van der Waals surface area contributed by atoms with Crippen molar-refractivity contribution >= 4 is 16.8 Å². The van der Waals surface area contributed by atoms with Crippen LogP contribution in [0, 0.1) is 13.8 Å². The fourth-order valence-electron chi connectivity index (χ4n) is 3.69. The number of ketones is 1. The van der Waals surface area contributed by atoms with Gasteiger partial charge < -0.3 is 9.55 Å². The molecular formula is C22H21N3O. The molecule has 0 aliphatic carbocycles. The van der Waals surface area contributed by atoms with Crippen molar-refractivity contribution in [2.24, 2.45) is 0 Å². The molecule has 4 aromatic rings. The molecule has 0 aliphatic rings. The van der Waals surface area contributed by atoms with Crippen molar-refractivity contribution in [1.29, 1.82) is 0 Å². The lowest BCUT2D eigenvalue weighted by molar-refractivity contribution is 0.101. The highest BCUT2D eigenvalue weighted by molar-refractivity contribution is 5.98. The van der Waals surface area contributed by atoms with E-state index in [0.717, 1.165) is 45.9 Å². The third-order valence-electron chi connectivity index (χ3n) is 4.85. The van der Waals surface area contributed by atoms with E-state index in [-0.39, 0.29) is 5.78 Å². The Balaban J connectivity index is 1.94. The van der Waals surface area contributed by atoms with Crippen LogP contribution in [0.4, 0.5) is 0 Å². The van der Waals surface area contributed by atoms with Crippen molar-refractivity contribution in [3.63, 3.8) is 0 Å². The highest BCUT2D eigenvalue weighted by Gasteiger charge is 2.21. The Morgan fingerprint density at radius 2 is 1.73 bits per heavy atom. The summed E-state index contributed by atoms with van der Waals surface area (Å²) in [4.78, 5) is 20.3. The number of para-hydroxylation sites is 2. The Labute approximate surface area is 152 Å². The first kappa shape index (κ1) is 16.3. The predicted molar refractivity (Wildman–Crippen MR) is 105 cm³/mol. The number of imidazole rings is 1. The maximum absolute atomic E-state index is 12.0. The highest BCUT2D eigenvalue weighted by Crippen LogP contribution is 2.30. The second-order valence-corrected chi connectivity index (χ2v) is 6.68. The summed E-state index contributed by atoms with van der Waals surface area (Å²) < 4.78 is 2.22. The second-order valence-electron chi connectivity index (χ2n) is 6.68. The van der Waals surface area contributed by atoms with E-state index in [1.165, 1.54) is 5.56 Å². The monoisotopic (exact) mass is 343 g/mol. The fourth-order valence-corrected chi connectivity index (χ4v) is 3.69. The van der Waals surface area contributed by atoms with E-state index in [4.69, 9.17) is 4.98 Å². The number of aromatic amines is 1. The number of nitrogens with zero attached hydrogens (tertiary/aromatic N) is 2. The van der Waals surface area contributed by atoms with Crippen molar-refractivity contribution in [2.75, 3.05) is 0 Å². The van der Waals surface area contributed by atoms with Crippen LogP contribution in [-0.2, 0) is 6.54 Å². The fraction of sp³-hybridized carbons (Fsp3) is 0.182. The molecule has 1 N–H and O–H groups in total. The van der Waals surface area contributed by atoms with E-state index in [2.05, 4.69) is 27.8 Å². The Kier molecular flexibility index (Phi) is 3.96. The first-order chi connectivity index (χ1) is 12.6. The number of benzene rings is 2. The van der Waals surface area contributed by atoms with Crippen molar-refractivity contribution in [1.82, 2.24) is 14.5 Å². The second kappa shape index (κ2) is 6.30. The Hall–Kier alpha value is -3.14. The molecule has 2 aromatic heterocycles. The molecule has 26 heavy (non-hydrogen) atoms. The van der Waals surface area contributed by atoms with Gasteiger partial charge in [-0.05, 0) is 44.0 Å². The van der Waals surface area contributed by atoms with Crippen LogP contribution in [0.25, 0.3) is 22.6 Å². The van der Waals surface area contributed by atoms with Gasteiger partial charge in [0.2, 0.25) is 0 Å². The van der Waals surface area contributed by atoms with Crippen LogP contribution < -0.4 is 0 Å². The number of Topliss-reactive ketones (excluding diaryl/α,β-unsaturated/α-hetero) is 1. The Bertz CT molecular complexity index is 1100. The molecule has 4 nitrogen and oxygen atoms in total. The van der Waals surface area contributed by atoms with Crippen LogP contribution in [0.1, 0.15) is 34.1 Å². The number of nitrogens with one attached hydrogen (secondary N) is 1. The zero-order chi connectivity index (χ0) is 18.3. The maximum atomic E-state index is 12.0. The summed E-state index contributed by atoms with van der Waals surface area (Å²) in [6, 6.07) is 18.5. The molecule has 130 valence electrons. The molecular weight excluding hydrogens is 322 g/mol. The largest absolute Gasteiger partial charge is 0.355 e. The Morgan fingerprint density at radius 1 is 1.04 bits per heavy atom. The van der Waals surface area contributed by atoms with E-state index in [0.29, 0.717) is 0 Å². The number of hydrogen-bond acceptors (Lipinski definition) is 2. The quantitative estimate of drug-likeness (QED) is 0.536. The average Bonchev–Trinajstić information content (AvgIpc) is 3.13. The van der Waals surface area contributed by atoms with Gasteiger partial charge in [-0.25, -0.2) is 4.98 Å². The van der Waals surface area contributed by atoms with Gasteiger partial charge >= 0.3 is 0 Å². The molecule has 4 rings (SSSR count). The molecule has 0 amide bonds. The third-order valence-corrected chi connectivity index (χ3v) is 4.85. The predicted octanol–water partition coefficient (Wildman–Crippen LogP) is 4.90. The molecule has 0 saturated heterocycles. The summed E-state index contributed by atoms with van der Waals surface area (Å²) in [6.07, 6.45) is 0. The first-order valence-corrected chi connectivity index (χ1v) is 8.76. The molecule has 0 saturated carbocycles. The van der Waals surface area contributed by atoms with E-state index in [1.54, 1.807) is 6.92 Å². The van der Waals surface area contributed by atoms with Gasteiger partial charge in [0.05, 0.1) is 16.7 Å². The number of H-pyrrole nitrogens is 1. The van der Waals surface area contributed by atoms with Crippen LogP contribution in [0.15, 0.2) is 54.6 Å². The minimum atomic E-state index is 0.0771. The molecule has 0 spiro atoms. The standard InChI is InChI=1S/C22H21N3O/c1-14-20(16(3)26)15(2)23-21(14)22-24-18-11-7-8-12-19(18)25(22)13-17-9-5-4-6-10-17/h4-12,23H,13H2,1-3H3. The van der Waals surface area contributed by atoms with Crippen molar-refractivity contribution < 1.29 is 4.79 Å². The summed E-state index contributed by atoms with van der Waals surface area (Å²) in [6.45, 7) is 6.27. The first-order valence-electron chi connectivity index (χ1n) is 8.76. The van der Waals surface area contributed by atoms with Gasteiger partial charge in [0.25, 0.3) is 0 Å². The molecule has 0 bridgehead atoms. The van der Waals surface area contributed by atoms with E-state index < -0.39 is 0 Å². The number of hydrogen-bond donors (Lipinski definition) is 1. The molecule has 2 aromatic carbocycles. The number of rotatable bonds is 4. The zero-order valence-electron chi connectivity index (χ0n) is 15.2. The normalized spacial score (nSPS) is 11.2. The van der Waals surface area contributed by atoms with Gasteiger partial charge in [-0.3, -0.25) is 4.79 Å². The third kappa shape index (κ3) is 2.64. The molecule has 0 unspecified atom stereocenters. The van der Waals surface area contributed by atoms with Crippen molar-refractivity contribution in [3.8, 4) is 11.5 Å². The SMILES string of the molecule is CC(=O)c1c(C)[nH]c(-c2nc3ccccc3n2Cc2ccccc2)c1C. The number of fused-ring (bicyclic) bond motifs is 1. The van der Waals surface area contributed by atoms with Crippen molar-refractivity contribution in [2.45, 2.75) is 27.3 Å². The van der Waals surface area contributed by atoms with Crippen LogP contribution in [0.3, 0.4) is 0 Å². The van der Waals surface area contributed by atoms with Gasteiger partial charge in [-0.2, -0.15) is 0 Å². The van der Waals surface area contributed by atoms with Crippen LogP contribution in [0.2, 0.25) is 0 Å². The van der Waals surface area contributed by atoms with Gasteiger partial charge in [-0.1, -0.05) is 42.5 Å². The van der Waals surface area contributed by atoms with Crippen LogP contribution in [-0.4, -0.2) is 20.3 Å². The summed E-state index contributed by atoms with van der Waals surface area (Å²) >= 11 is 0. The van der Waals surface area contributed by atoms with Gasteiger partial charge in [0.1, 0.15) is 0 Å². The number of aromatic nitrogens is 3. The molecule has 0 atom stereocenters. The maximum Gasteiger partial charge on any atom is 0.161 e. The van der Waals surface area contributed by atoms with Crippen molar-refractivity contribution in [3.05, 3.63) is 77.0 Å². The minimum absolute atomic E-state index is 0.0771. The lowest BCUT2D eigenvalue weighted by Crippen LogP contribution is -2.03. The molecule has 2 heterocycles. The van der Waals surface area contributed by atoms with Gasteiger partial charge in [0, 0.05) is 17.8 Å². The van der Waals surface area contributed by atoms with E-state index in [1.807, 2.05) is 50.2 Å². The molecule has 0 aliphatic heterocycles. The Morgan fingerprint density at radius 3 is 2.42 bits per heavy atom. The highest BCUT2D eigenvalue weighted by atomic mass is 16.1. The van der Waals surface area contributed by atoms with Gasteiger partial charge in [-0.15, -0.1) is 0 Å². The number of carbonyl (C=O) groups excluding carboxylic acids is 1. The lowest BCUT2D eigenvalue weighted by Gasteiger charge is -2.09. The average molecular weight is 343 g/mol. The van der Waals surface area contributed by atoms with Gasteiger partial charge in [0.15, 0.2) is 11.6 Å². The summed E-state index contributed by atoms with van der Waals surface area (Å²) in [5.41, 5.74) is 6.78. The molecule has 0 fully saturated rings. The number of carbonyl (C=O) groups is 1. The molecule has 0 radical (unpaired) electrons. The summed E-state index contributed by atoms with van der Waals surface area (Å²) in [5.74, 6) is 0.941. The minimum Gasteiger partial charge on any atom is -0.355 e. The number of aryl methyl sites for hydroxylation is 1. The van der Waals surface area contributed by atoms with E-state index in [9.17, 15) is 4.79 Å².